The molecule has 0 unspecified atom stereocenters. The molecule has 2 N–H and O–H groups in total. The standard InChI is InChI=1S/C22H23N5O/c28-21(16-7-8-19-15(12-16)5-3-10-23-19)27-11-9-18(14-27)25-22-24-13-17-4-1-2-6-20(17)26-22/h1-2,4,6-8,12-13,18,23H,3,5,9-11,14H2,(H,24,25,26)/t18-/m1/s1. The minimum absolute atomic E-state index is 0.108. The molecule has 0 spiro atoms. The number of hydrogen-bond acceptors (Lipinski definition) is 5. The molecule has 2 aliphatic rings. The monoisotopic (exact) mass is 373 g/mol. The van der Waals surface area contributed by atoms with E-state index in [4.69, 9.17) is 0 Å². The maximum absolute atomic E-state index is 13.0. The third-order valence-corrected chi connectivity index (χ3v) is 5.59. The number of benzene rings is 2. The first-order valence-corrected chi connectivity index (χ1v) is 9.91. The van der Waals surface area contributed by atoms with Crippen LogP contribution in [0.15, 0.2) is 48.7 Å². The quantitative estimate of drug-likeness (QED) is 0.737. The van der Waals surface area contributed by atoms with E-state index in [1.54, 1.807) is 0 Å². The first-order chi connectivity index (χ1) is 13.8. The molecule has 28 heavy (non-hydrogen) atoms. The van der Waals surface area contributed by atoms with Crippen molar-refractivity contribution in [3.05, 3.63) is 59.8 Å². The van der Waals surface area contributed by atoms with E-state index in [0.717, 1.165) is 54.5 Å². The molecule has 1 amide bonds. The molecule has 1 aromatic heterocycles. The molecule has 2 aliphatic heterocycles. The zero-order chi connectivity index (χ0) is 18.9. The van der Waals surface area contributed by atoms with Crippen LogP contribution in [0.2, 0.25) is 0 Å². The number of aryl methyl sites for hydroxylation is 1. The fraction of sp³-hybridized carbons (Fsp3) is 0.318. The van der Waals surface area contributed by atoms with Gasteiger partial charge in [-0.15, -0.1) is 0 Å². The molecule has 0 aliphatic carbocycles. The van der Waals surface area contributed by atoms with Gasteiger partial charge in [-0.05, 0) is 49.1 Å². The maximum Gasteiger partial charge on any atom is 0.253 e. The van der Waals surface area contributed by atoms with Crippen molar-refractivity contribution in [2.45, 2.75) is 25.3 Å². The van der Waals surface area contributed by atoms with Gasteiger partial charge in [-0.2, -0.15) is 0 Å². The van der Waals surface area contributed by atoms with Crippen molar-refractivity contribution in [1.82, 2.24) is 14.9 Å². The molecular formula is C22H23N5O. The SMILES string of the molecule is O=C(c1ccc2c(c1)CCCN2)N1CC[C@@H](Nc2ncc3ccccc3n2)C1. The molecule has 1 atom stereocenters. The highest BCUT2D eigenvalue weighted by Crippen LogP contribution is 2.25. The van der Waals surface area contributed by atoms with Crippen LogP contribution in [0.1, 0.15) is 28.8 Å². The first-order valence-electron chi connectivity index (χ1n) is 9.91. The lowest BCUT2D eigenvalue weighted by Gasteiger charge is -2.21. The Morgan fingerprint density at radius 3 is 3.11 bits per heavy atom. The van der Waals surface area contributed by atoms with Gasteiger partial charge in [-0.25, -0.2) is 9.97 Å². The number of likely N-dealkylation sites (tertiary alicyclic amines) is 1. The topological polar surface area (TPSA) is 70.2 Å². The lowest BCUT2D eigenvalue weighted by atomic mass is 10.0. The third-order valence-electron chi connectivity index (χ3n) is 5.59. The van der Waals surface area contributed by atoms with E-state index in [1.807, 2.05) is 47.5 Å². The minimum atomic E-state index is 0.108. The Balaban J connectivity index is 1.26. The fourth-order valence-electron chi connectivity index (χ4n) is 4.08. The number of carbonyl (C=O) groups is 1. The van der Waals surface area contributed by atoms with Crippen molar-refractivity contribution in [3.63, 3.8) is 0 Å². The molecule has 5 rings (SSSR count). The predicted octanol–water partition coefficient (Wildman–Crippen LogP) is 3.31. The van der Waals surface area contributed by atoms with Gasteiger partial charge in [0.05, 0.1) is 5.52 Å². The zero-order valence-electron chi connectivity index (χ0n) is 15.7. The smallest absolute Gasteiger partial charge is 0.253 e. The number of amides is 1. The number of fused-ring (bicyclic) bond motifs is 2. The minimum Gasteiger partial charge on any atom is -0.385 e. The molecule has 3 heterocycles. The van der Waals surface area contributed by atoms with E-state index in [-0.39, 0.29) is 11.9 Å². The highest BCUT2D eigenvalue weighted by molar-refractivity contribution is 5.95. The van der Waals surface area contributed by atoms with Gasteiger partial charge in [0.1, 0.15) is 0 Å². The van der Waals surface area contributed by atoms with Crippen LogP contribution in [0.25, 0.3) is 10.9 Å². The Morgan fingerprint density at radius 1 is 1.21 bits per heavy atom. The van der Waals surface area contributed by atoms with Gasteiger partial charge < -0.3 is 15.5 Å². The summed E-state index contributed by atoms with van der Waals surface area (Å²) >= 11 is 0. The average molecular weight is 373 g/mol. The number of aromatic nitrogens is 2. The summed E-state index contributed by atoms with van der Waals surface area (Å²) in [4.78, 5) is 23.9. The van der Waals surface area contributed by atoms with E-state index < -0.39 is 0 Å². The summed E-state index contributed by atoms with van der Waals surface area (Å²) in [5.41, 5.74) is 4.12. The Kier molecular flexibility index (Phi) is 4.31. The maximum atomic E-state index is 13.0. The molecule has 0 bridgehead atoms. The second-order valence-corrected chi connectivity index (χ2v) is 7.54. The normalized spacial score (nSPS) is 18.6. The number of hydrogen-bond donors (Lipinski definition) is 2. The number of nitrogens with one attached hydrogen (secondary N) is 2. The molecule has 0 saturated carbocycles. The van der Waals surface area contributed by atoms with Crippen LogP contribution in [0.3, 0.4) is 0 Å². The number of carbonyl (C=O) groups excluding carboxylic acids is 1. The van der Waals surface area contributed by atoms with Crippen molar-refractivity contribution in [2.24, 2.45) is 0 Å². The average Bonchev–Trinajstić information content (AvgIpc) is 3.21. The summed E-state index contributed by atoms with van der Waals surface area (Å²) in [7, 11) is 0. The third kappa shape index (κ3) is 3.26. The number of para-hydroxylation sites is 1. The van der Waals surface area contributed by atoms with Crippen LogP contribution < -0.4 is 10.6 Å². The van der Waals surface area contributed by atoms with Crippen molar-refractivity contribution in [3.8, 4) is 0 Å². The number of anilines is 2. The van der Waals surface area contributed by atoms with Crippen LogP contribution in [-0.2, 0) is 6.42 Å². The molecule has 142 valence electrons. The lowest BCUT2D eigenvalue weighted by molar-refractivity contribution is 0.0791. The van der Waals surface area contributed by atoms with E-state index in [2.05, 4.69) is 26.7 Å². The van der Waals surface area contributed by atoms with Crippen LogP contribution in [-0.4, -0.2) is 46.5 Å². The molecule has 3 aromatic rings. The molecule has 6 heteroatoms. The van der Waals surface area contributed by atoms with E-state index in [1.165, 1.54) is 5.56 Å². The van der Waals surface area contributed by atoms with Crippen molar-refractivity contribution in [1.29, 1.82) is 0 Å². The summed E-state index contributed by atoms with van der Waals surface area (Å²) in [6.45, 7) is 2.43. The van der Waals surface area contributed by atoms with Gasteiger partial charge in [0, 0.05) is 48.5 Å². The molecule has 1 fully saturated rings. The van der Waals surface area contributed by atoms with Crippen molar-refractivity contribution >= 4 is 28.4 Å². The second kappa shape index (κ2) is 7.11. The van der Waals surface area contributed by atoms with E-state index in [0.29, 0.717) is 12.5 Å². The van der Waals surface area contributed by atoms with Gasteiger partial charge in [0.25, 0.3) is 5.91 Å². The van der Waals surface area contributed by atoms with E-state index >= 15 is 0 Å². The van der Waals surface area contributed by atoms with Crippen LogP contribution >= 0.6 is 0 Å². The Morgan fingerprint density at radius 2 is 2.14 bits per heavy atom. The predicted molar refractivity (Wildman–Crippen MR) is 111 cm³/mol. The van der Waals surface area contributed by atoms with Gasteiger partial charge in [0.2, 0.25) is 5.95 Å². The van der Waals surface area contributed by atoms with Crippen LogP contribution in [0.5, 0.6) is 0 Å². The van der Waals surface area contributed by atoms with E-state index in [9.17, 15) is 4.79 Å². The molecule has 6 nitrogen and oxygen atoms in total. The van der Waals surface area contributed by atoms with Gasteiger partial charge in [-0.1, -0.05) is 18.2 Å². The molecule has 1 saturated heterocycles. The van der Waals surface area contributed by atoms with Gasteiger partial charge >= 0.3 is 0 Å². The summed E-state index contributed by atoms with van der Waals surface area (Å²) in [6.07, 6.45) is 4.89. The van der Waals surface area contributed by atoms with Crippen molar-refractivity contribution in [2.75, 3.05) is 30.3 Å². The summed E-state index contributed by atoms with van der Waals surface area (Å²) in [6, 6.07) is 14.1. The second-order valence-electron chi connectivity index (χ2n) is 7.54. The fourth-order valence-corrected chi connectivity index (χ4v) is 4.08. The number of nitrogens with zero attached hydrogens (tertiary/aromatic N) is 3. The zero-order valence-corrected chi connectivity index (χ0v) is 15.7. The Labute approximate surface area is 164 Å². The summed E-state index contributed by atoms with van der Waals surface area (Å²) in [5, 5.41) is 7.82. The lowest BCUT2D eigenvalue weighted by Crippen LogP contribution is -2.32. The van der Waals surface area contributed by atoms with Crippen LogP contribution in [0, 0.1) is 0 Å². The molecule has 0 radical (unpaired) electrons. The first kappa shape index (κ1) is 17.0. The molecular weight excluding hydrogens is 350 g/mol. The van der Waals surface area contributed by atoms with Gasteiger partial charge in [-0.3, -0.25) is 4.79 Å². The largest absolute Gasteiger partial charge is 0.385 e. The summed E-state index contributed by atoms with van der Waals surface area (Å²) in [5.74, 6) is 0.731. The highest BCUT2D eigenvalue weighted by atomic mass is 16.2. The van der Waals surface area contributed by atoms with Crippen LogP contribution in [0.4, 0.5) is 11.6 Å². The summed E-state index contributed by atoms with van der Waals surface area (Å²) < 4.78 is 0. The van der Waals surface area contributed by atoms with Gasteiger partial charge in [0.15, 0.2) is 0 Å². The van der Waals surface area contributed by atoms with Crippen molar-refractivity contribution < 1.29 is 4.79 Å². The number of rotatable bonds is 3. The molecule has 2 aromatic carbocycles. The Hall–Kier alpha value is -3.15. The highest BCUT2D eigenvalue weighted by Gasteiger charge is 2.28. The Bertz CT molecular complexity index is 1030.